The van der Waals surface area contributed by atoms with E-state index in [1.165, 1.54) is 5.57 Å². The second kappa shape index (κ2) is 6.75. The zero-order valence-corrected chi connectivity index (χ0v) is 11.8. The van der Waals surface area contributed by atoms with Crippen LogP contribution in [0, 0.1) is 0 Å². The summed E-state index contributed by atoms with van der Waals surface area (Å²) < 4.78 is 5.36. The first-order valence-corrected chi connectivity index (χ1v) is 6.78. The molecule has 20 heavy (non-hydrogen) atoms. The molecule has 0 heterocycles. The van der Waals surface area contributed by atoms with Gasteiger partial charge >= 0.3 is 0 Å². The molecule has 1 aliphatic carbocycles. The van der Waals surface area contributed by atoms with Crippen LogP contribution < -0.4 is 10.1 Å². The van der Waals surface area contributed by atoms with Gasteiger partial charge < -0.3 is 10.1 Å². The van der Waals surface area contributed by atoms with Crippen molar-refractivity contribution >= 4 is 5.91 Å². The fourth-order valence-corrected chi connectivity index (χ4v) is 1.89. The van der Waals surface area contributed by atoms with Gasteiger partial charge in [-0.1, -0.05) is 23.8 Å². The number of rotatable bonds is 4. The fourth-order valence-electron chi connectivity index (χ4n) is 1.89. The molecule has 0 fully saturated rings. The van der Waals surface area contributed by atoms with Crippen molar-refractivity contribution in [1.29, 1.82) is 0 Å². The van der Waals surface area contributed by atoms with Gasteiger partial charge in [0.25, 0.3) is 5.91 Å². The maximum absolute atomic E-state index is 12.1. The average molecular weight is 269 g/mol. The van der Waals surface area contributed by atoms with Gasteiger partial charge in [-0.3, -0.25) is 4.79 Å². The molecular weight excluding hydrogens is 250 g/mol. The molecule has 1 amide bonds. The highest BCUT2D eigenvalue weighted by molar-refractivity contribution is 5.95. The topological polar surface area (TPSA) is 38.3 Å². The molecule has 0 aliphatic heterocycles. The van der Waals surface area contributed by atoms with Crippen molar-refractivity contribution in [2.75, 3.05) is 6.61 Å². The Hall–Kier alpha value is -2.29. The number of amides is 1. The minimum Gasteiger partial charge on any atom is -0.494 e. The van der Waals surface area contributed by atoms with Crippen LogP contribution in [-0.4, -0.2) is 12.5 Å². The second-order valence-corrected chi connectivity index (χ2v) is 4.59. The Kier molecular flexibility index (Phi) is 4.77. The first-order chi connectivity index (χ1) is 9.69. The number of hydrogen-bond acceptors (Lipinski definition) is 2. The molecule has 0 bridgehead atoms. The third kappa shape index (κ3) is 3.85. The Morgan fingerprint density at radius 3 is 2.65 bits per heavy atom. The number of carbonyl (C=O) groups is 1. The molecule has 0 atom stereocenters. The molecule has 0 aromatic heterocycles. The van der Waals surface area contributed by atoms with Gasteiger partial charge in [-0.15, -0.1) is 0 Å². The molecule has 2 rings (SSSR count). The van der Waals surface area contributed by atoms with Crippen molar-refractivity contribution in [2.45, 2.75) is 20.3 Å². The summed E-state index contributed by atoms with van der Waals surface area (Å²) >= 11 is 0. The summed E-state index contributed by atoms with van der Waals surface area (Å²) in [5.74, 6) is 0.668. The molecule has 0 spiro atoms. The van der Waals surface area contributed by atoms with E-state index in [9.17, 15) is 4.79 Å². The third-order valence-electron chi connectivity index (χ3n) is 2.99. The van der Waals surface area contributed by atoms with Crippen molar-refractivity contribution in [3.8, 4) is 5.75 Å². The van der Waals surface area contributed by atoms with E-state index in [-0.39, 0.29) is 5.91 Å². The van der Waals surface area contributed by atoms with Gasteiger partial charge in [0.1, 0.15) is 5.75 Å². The minimum atomic E-state index is -0.108. The summed E-state index contributed by atoms with van der Waals surface area (Å²) in [7, 11) is 0. The van der Waals surface area contributed by atoms with Crippen LogP contribution in [0.4, 0.5) is 0 Å². The summed E-state index contributed by atoms with van der Waals surface area (Å²) in [4.78, 5) is 12.1. The van der Waals surface area contributed by atoms with Crippen molar-refractivity contribution in [1.82, 2.24) is 5.32 Å². The Balaban J connectivity index is 2.01. The minimum absolute atomic E-state index is 0.108. The number of hydrogen-bond donors (Lipinski definition) is 1. The van der Waals surface area contributed by atoms with E-state index in [0.717, 1.165) is 17.9 Å². The summed E-state index contributed by atoms with van der Waals surface area (Å²) in [5.41, 5.74) is 2.65. The van der Waals surface area contributed by atoms with Gasteiger partial charge in [-0.2, -0.15) is 0 Å². The van der Waals surface area contributed by atoms with Crippen LogP contribution in [0.15, 0.2) is 59.8 Å². The molecule has 3 heteroatoms. The quantitative estimate of drug-likeness (QED) is 0.907. The lowest BCUT2D eigenvalue weighted by atomic mass is 10.2. The molecule has 0 saturated carbocycles. The second-order valence-electron chi connectivity index (χ2n) is 4.59. The first kappa shape index (κ1) is 14.1. The molecule has 3 nitrogen and oxygen atoms in total. The molecule has 0 radical (unpaired) electrons. The molecule has 1 aromatic rings. The lowest BCUT2D eigenvalue weighted by Gasteiger charge is -2.07. The van der Waals surface area contributed by atoms with Crippen molar-refractivity contribution < 1.29 is 9.53 Å². The van der Waals surface area contributed by atoms with Crippen LogP contribution in [-0.2, 0) is 0 Å². The van der Waals surface area contributed by atoms with Crippen LogP contribution in [0.3, 0.4) is 0 Å². The SMILES string of the molecule is CCOc1ccc(C(=O)NC2=CCC=C(C)C=C2)cc1. The molecule has 104 valence electrons. The molecule has 0 saturated heterocycles. The van der Waals surface area contributed by atoms with Crippen molar-refractivity contribution in [3.63, 3.8) is 0 Å². The first-order valence-electron chi connectivity index (χ1n) is 6.78. The van der Waals surface area contributed by atoms with Gasteiger partial charge in [0.2, 0.25) is 0 Å². The summed E-state index contributed by atoms with van der Waals surface area (Å²) in [5, 5.41) is 2.91. The van der Waals surface area contributed by atoms with E-state index in [1.807, 2.05) is 32.1 Å². The molecule has 0 unspecified atom stereocenters. The van der Waals surface area contributed by atoms with Gasteiger partial charge in [0.05, 0.1) is 6.61 Å². The van der Waals surface area contributed by atoms with Crippen LogP contribution >= 0.6 is 0 Å². The number of carbonyl (C=O) groups excluding carboxylic acids is 1. The highest BCUT2D eigenvalue weighted by Gasteiger charge is 2.07. The van der Waals surface area contributed by atoms with E-state index in [2.05, 4.69) is 11.4 Å². The maximum atomic E-state index is 12.1. The zero-order valence-electron chi connectivity index (χ0n) is 11.8. The number of allylic oxidation sites excluding steroid dienone is 5. The standard InChI is InChI=1S/C17H19NO2/c1-3-20-16-11-8-14(9-12-16)17(19)18-15-6-4-5-13(2)7-10-15/h5-12H,3-4H2,1-2H3,(H,18,19). The van der Waals surface area contributed by atoms with Crippen LogP contribution in [0.1, 0.15) is 30.6 Å². The monoisotopic (exact) mass is 269 g/mol. The molecule has 1 aromatic carbocycles. The Morgan fingerprint density at radius 2 is 1.95 bits per heavy atom. The smallest absolute Gasteiger partial charge is 0.255 e. The lowest BCUT2D eigenvalue weighted by Crippen LogP contribution is -2.21. The largest absolute Gasteiger partial charge is 0.494 e. The Morgan fingerprint density at radius 1 is 1.20 bits per heavy atom. The highest BCUT2D eigenvalue weighted by Crippen LogP contribution is 2.13. The van der Waals surface area contributed by atoms with Crippen LogP contribution in [0.25, 0.3) is 0 Å². The number of ether oxygens (including phenoxy) is 1. The lowest BCUT2D eigenvalue weighted by molar-refractivity contribution is 0.0967. The highest BCUT2D eigenvalue weighted by atomic mass is 16.5. The van der Waals surface area contributed by atoms with E-state index in [0.29, 0.717) is 12.2 Å². The van der Waals surface area contributed by atoms with Gasteiger partial charge in [0, 0.05) is 11.3 Å². The molecule has 1 aliphatic rings. The van der Waals surface area contributed by atoms with Gasteiger partial charge in [-0.05, 0) is 50.6 Å². The Labute approximate surface area is 119 Å². The summed E-state index contributed by atoms with van der Waals surface area (Å²) in [6, 6.07) is 7.15. The molecule has 1 N–H and O–H groups in total. The normalized spacial score (nSPS) is 14.1. The fraction of sp³-hybridized carbons (Fsp3) is 0.235. The van der Waals surface area contributed by atoms with Crippen molar-refractivity contribution in [3.05, 3.63) is 65.4 Å². The maximum Gasteiger partial charge on any atom is 0.255 e. The van der Waals surface area contributed by atoms with Gasteiger partial charge in [-0.25, -0.2) is 0 Å². The predicted molar refractivity (Wildman–Crippen MR) is 80.7 cm³/mol. The summed E-state index contributed by atoms with van der Waals surface area (Å²) in [6.45, 7) is 4.60. The zero-order chi connectivity index (χ0) is 14.4. The third-order valence-corrected chi connectivity index (χ3v) is 2.99. The number of nitrogens with one attached hydrogen (secondary N) is 1. The predicted octanol–water partition coefficient (Wildman–Crippen LogP) is 3.61. The Bertz CT molecular complexity index is 565. The van der Waals surface area contributed by atoms with E-state index in [4.69, 9.17) is 4.74 Å². The van der Waals surface area contributed by atoms with Crippen LogP contribution in [0.2, 0.25) is 0 Å². The van der Waals surface area contributed by atoms with Crippen molar-refractivity contribution in [2.24, 2.45) is 0 Å². The average Bonchev–Trinajstić information content (AvgIpc) is 2.65. The van der Waals surface area contributed by atoms with Crippen LogP contribution in [0.5, 0.6) is 5.75 Å². The van der Waals surface area contributed by atoms with E-state index >= 15 is 0 Å². The van der Waals surface area contributed by atoms with E-state index in [1.54, 1.807) is 24.3 Å². The molecular formula is C17H19NO2. The van der Waals surface area contributed by atoms with Gasteiger partial charge in [0.15, 0.2) is 0 Å². The number of benzene rings is 1. The summed E-state index contributed by atoms with van der Waals surface area (Å²) in [6.07, 6.45) is 8.87. The van der Waals surface area contributed by atoms with E-state index < -0.39 is 0 Å².